The van der Waals surface area contributed by atoms with Crippen LogP contribution in [0, 0.1) is 27.2 Å². The van der Waals surface area contributed by atoms with Crippen LogP contribution in [0.15, 0.2) is 47.6 Å². The Balaban J connectivity index is 1.80. The van der Waals surface area contributed by atoms with E-state index in [1.165, 1.54) is 16.0 Å². The van der Waals surface area contributed by atoms with Crippen LogP contribution in [0.4, 0.5) is 5.69 Å². The van der Waals surface area contributed by atoms with Crippen LogP contribution in [0.25, 0.3) is 0 Å². The maximum absolute atomic E-state index is 13.0. The first kappa shape index (κ1) is 14.2. The lowest BCUT2D eigenvalue weighted by atomic mass is 9.85. The molecule has 22 heavy (non-hydrogen) atoms. The van der Waals surface area contributed by atoms with Crippen molar-refractivity contribution in [2.45, 2.75) is 13.8 Å². The zero-order chi connectivity index (χ0) is 15.6. The lowest BCUT2D eigenvalue weighted by Crippen LogP contribution is -2.33. The monoisotopic (exact) mass is 405 g/mol. The molecule has 1 saturated heterocycles. The second kappa shape index (κ2) is 4.78. The molecule has 0 N–H and O–H groups in total. The van der Waals surface area contributed by atoms with Crippen LogP contribution in [0.3, 0.4) is 0 Å². The highest BCUT2D eigenvalue weighted by Crippen LogP contribution is 2.57. The molecule has 0 spiro atoms. The van der Waals surface area contributed by atoms with Gasteiger partial charge in [0.2, 0.25) is 11.8 Å². The van der Waals surface area contributed by atoms with Crippen molar-refractivity contribution in [1.82, 2.24) is 0 Å². The molecule has 112 valence electrons. The molecule has 1 saturated carbocycles. The molecule has 0 aromatic heterocycles. The molecule has 0 radical (unpaired) electrons. The number of halogens is 1. The third-order valence-electron chi connectivity index (χ3n) is 5.09. The fourth-order valence-corrected chi connectivity index (χ4v) is 4.93. The topological polar surface area (TPSA) is 37.4 Å². The number of carbonyl (C=O) groups excluding carboxylic acids is 2. The van der Waals surface area contributed by atoms with E-state index in [0.29, 0.717) is 0 Å². The average Bonchev–Trinajstić information content (AvgIpc) is 3.11. The highest BCUT2D eigenvalue weighted by molar-refractivity contribution is 14.1. The summed E-state index contributed by atoms with van der Waals surface area (Å²) < 4.78 is 0.935. The summed E-state index contributed by atoms with van der Waals surface area (Å²) in [7, 11) is 0. The molecule has 2 bridgehead atoms. The van der Waals surface area contributed by atoms with Gasteiger partial charge < -0.3 is 0 Å². The van der Waals surface area contributed by atoms with E-state index in [9.17, 15) is 9.59 Å². The van der Waals surface area contributed by atoms with Crippen molar-refractivity contribution in [2.24, 2.45) is 23.7 Å². The number of amides is 2. The average molecular weight is 405 g/mol. The molecular weight excluding hydrogens is 389 g/mol. The minimum absolute atomic E-state index is 0.0327. The summed E-state index contributed by atoms with van der Waals surface area (Å²) in [6.45, 7) is 4.16. The minimum atomic E-state index is -0.205. The van der Waals surface area contributed by atoms with Crippen molar-refractivity contribution >= 4 is 40.1 Å². The lowest BCUT2D eigenvalue weighted by Gasteiger charge is -2.20. The van der Waals surface area contributed by atoms with E-state index in [1.807, 2.05) is 24.3 Å². The normalized spacial score (nSPS) is 32.1. The number of carbonyl (C=O) groups is 2. The number of nitrogens with zero attached hydrogens (tertiary/aromatic N) is 1. The molecule has 3 aliphatic rings. The molecule has 1 heterocycles. The number of para-hydroxylation sites is 1. The molecule has 4 atom stereocenters. The Morgan fingerprint density at radius 3 is 2.05 bits per heavy atom. The van der Waals surface area contributed by atoms with E-state index in [0.717, 1.165) is 9.26 Å². The van der Waals surface area contributed by atoms with Crippen LogP contribution in [0.2, 0.25) is 0 Å². The predicted octanol–water partition coefficient (Wildman–Crippen LogP) is 3.55. The van der Waals surface area contributed by atoms with Crippen LogP contribution in [0.5, 0.6) is 0 Å². The van der Waals surface area contributed by atoms with Crippen LogP contribution in [-0.4, -0.2) is 11.8 Å². The maximum atomic E-state index is 13.0. The number of allylic oxidation sites excluding steroid dienone is 4. The van der Waals surface area contributed by atoms with Crippen LogP contribution >= 0.6 is 22.6 Å². The number of fused-ring (bicyclic) bond motifs is 5. The van der Waals surface area contributed by atoms with E-state index in [4.69, 9.17) is 0 Å². The van der Waals surface area contributed by atoms with Gasteiger partial charge in [0.1, 0.15) is 0 Å². The first-order chi connectivity index (χ1) is 10.5. The Morgan fingerprint density at radius 2 is 1.55 bits per heavy atom. The summed E-state index contributed by atoms with van der Waals surface area (Å²) in [5, 5.41) is 0. The van der Waals surface area contributed by atoms with Gasteiger partial charge in [0.05, 0.1) is 17.5 Å². The van der Waals surface area contributed by atoms with Gasteiger partial charge in [-0.05, 0) is 48.6 Å². The molecular formula is C18H16INO2. The zero-order valence-corrected chi connectivity index (χ0v) is 14.6. The van der Waals surface area contributed by atoms with Crippen LogP contribution < -0.4 is 4.90 Å². The molecule has 4 rings (SSSR count). The largest absolute Gasteiger partial charge is 0.274 e. The fourth-order valence-electron chi connectivity index (χ4n) is 4.30. The van der Waals surface area contributed by atoms with Gasteiger partial charge in [-0.3, -0.25) is 9.59 Å². The molecule has 2 amide bonds. The van der Waals surface area contributed by atoms with E-state index in [2.05, 4.69) is 48.6 Å². The van der Waals surface area contributed by atoms with Crippen molar-refractivity contribution in [3.05, 3.63) is 51.1 Å². The molecule has 4 heteroatoms. The second-order valence-corrected chi connectivity index (χ2v) is 7.57. The highest BCUT2D eigenvalue weighted by atomic mass is 127. The van der Waals surface area contributed by atoms with Crippen molar-refractivity contribution in [3.8, 4) is 0 Å². The highest BCUT2D eigenvalue weighted by Gasteiger charge is 2.62. The molecule has 3 nitrogen and oxygen atoms in total. The molecule has 1 aliphatic heterocycles. The van der Waals surface area contributed by atoms with E-state index in [1.54, 1.807) is 0 Å². The third-order valence-corrected chi connectivity index (χ3v) is 6.00. The third kappa shape index (κ3) is 1.67. The molecule has 2 fully saturated rings. The van der Waals surface area contributed by atoms with E-state index < -0.39 is 0 Å². The number of benzene rings is 1. The Hall–Kier alpha value is -1.43. The second-order valence-electron chi connectivity index (χ2n) is 6.41. The molecule has 1 aromatic rings. The standard InChI is InChI=1S/C18H16INO2/c1-9(2)14-10-7-8-11(14)16-15(10)17(21)20(18(16)22)13-6-4-3-5-12(13)19/h3-8,10-11,15-16H,1-2H3/t10-,11+,15-,16-/m0/s1. The maximum Gasteiger partial charge on any atom is 0.238 e. The first-order valence-corrected chi connectivity index (χ1v) is 8.58. The van der Waals surface area contributed by atoms with Crippen molar-refractivity contribution in [3.63, 3.8) is 0 Å². The first-order valence-electron chi connectivity index (χ1n) is 7.50. The summed E-state index contributed by atoms with van der Waals surface area (Å²) in [6, 6.07) is 7.58. The van der Waals surface area contributed by atoms with Gasteiger partial charge in [-0.25, -0.2) is 4.90 Å². The van der Waals surface area contributed by atoms with Gasteiger partial charge in [-0.15, -0.1) is 0 Å². The summed E-state index contributed by atoms with van der Waals surface area (Å²) in [6.07, 6.45) is 4.25. The van der Waals surface area contributed by atoms with Crippen molar-refractivity contribution in [2.75, 3.05) is 4.90 Å². The summed E-state index contributed by atoms with van der Waals surface area (Å²) in [5.41, 5.74) is 3.26. The minimum Gasteiger partial charge on any atom is -0.274 e. The van der Waals surface area contributed by atoms with Gasteiger partial charge in [0, 0.05) is 15.4 Å². The molecule has 1 aromatic carbocycles. The fraction of sp³-hybridized carbons (Fsp3) is 0.333. The number of hydrogen-bond donors (Lipinski definition) is 0. The van der Waals surface area contributed by atoms with Crippen LogP contribution in [0.1, 0.15) is 13.8 Å². The van der Waals surface area contributed by atoms with Crippen molar-refractivity contribution < 1.29 is 9.59 Å². The van der Waals surface area contributed by atoms with E-state index in [-0.39, 0.29) is 35.5 Å². The predicted molar refractivity (Wildman–Crippen MR) is 93.1 cm³/mol. The number of imide groups is 1. The smallest absolute Gasteiger partial charge is 0.238 e. The SMILES string of the molecule is CC(C)=C1[C@H]2C=C[C@@H]1[C@@H]1C(=O)N(c3ccccc3I)C(=O)[C@H]12. The molecule has 2 aliphatic carbocycles. The Bertz CT molecular complexity index is 726. The van der Waals surface area contributed by atoms with Gasteiger partial charge >= 0.3 is 0 Å². The number of anilines is 1. The van der Waals surface area contributed by atoms with E-state index >= 15 is 0 Å². The van der Waals surface area contributed by atoms with Crippen LogP contribution in [-0.2, 0) is 9.59 Å². The Morgan fingerprint density at radius 1 is 1.00 bits per heavy atom. The Labute approximate surface area is 143 Å². The Kier molecular flexibility index (Phi) is 3.08. The summed E-state index contributed by atoms with van der Waals surface area (Å²) >= 11 is 2.18. The van der Waals surface area contributed by atoms with Crippen molar-refractivity contribution in [1.29, 1.82) is 0 Å². The van der Waals surface area contributed by atoms with Gasteiger partial charge in [0.25, 0.3) is 0 Å². The number of hydrogen-bond acceptors (Lipinski definition) is 2. The quantitative estimate of drug-likeness (QED) is 0.407. The summed E-state index contributed by atoms with van der Waals surface area (Å²) in [5.74, 6) is -0.248. The van der Waals surface area contributed by atoms with Gasteiger partial charge in [0.15, 0.2) is 0 Å². The molecule has 0 unspecified atom stereocenters. The number of rotatable bonds is 1. The lowest BCUT2D eigenvalue weighted by molar-refractivity contribution is -0.122. The van der Waals surface area contributed by atoms with Gasteiger partial charge in [-0.2, -0.15) is 0 Å². The zero-order valence-electron chi connectivity index (χ0n) is 12.4. The summed E-state index contributed by atoms with van der Waals surface area (Å²) in [4.78, 5) is 27.3. The van der Waals surface area contributed by atoms with Gasteiger partial charge in [-0.1, -0.05) is 35.4 Å².